The summed E-state index contributed by atoms with van der Waals surface area (Å²) in [5.74, 6) is -0.150. The van der Waals surface area contributed by atoms with Crippen LogP contribution in [0.5, 0.6) is 5.75 Å². The first-order valence-corrected chi connectivity index (χ1v) is 9.63. The van der Waals surface area contributed by atoms with E-state index in [4.69, 9.17) is 4.74 Å². The Hall–Kier alpha value is -3.59. The molecule has 28 heavy (non-hydrogen) atoms. The van der Waals surface area contributed by atoms with Crippen LogP contribution in [-0.4, -0.2) is 21.4 Å². The van der Waals surface area contributed by atoms with Gasteiger partial charge in [0.15, 0.2) is 12.4 Å². The van der Waals surface area contributed by atoms with Crippen molar-refractivity contribution in [2.75, 3.05) is 17.1 Å². The summed E-state index contributed by atoms with van der Waals surface area (Å²) in [4.78, 5) is 12.2. The third-order valence-corrected chi connectivity index (χ3v) is 5.15. The van der Waals surface area contributed by atoms with Crippen LogP contribution in [0, 0.1) is 5.21 Å². The number of nitrogens with zero attached hydrogens (tertiary/aromatic N) is 1. The standard InChI is InChI=1S/C19H17N3O5S/c1-27-18-10-3-2-9-17(18)21-28(25,26)16-8-4-7-15(12-16)20-19(23)14-6-5-11-22(24)13-14/h2-13,21H,1H3,(H,20,23). The number of hydrogen-bond donors (Lipinski definition) is 2. The summed E-state index contributed by atoms with van der Waals surface area (Å²) in [6, 6.07) is 15.3. The number of aromatic nitrogens is 1. The van der Waals surface area contributed by atoms with Gasteiger partial charge in [-0.15, -0.1) is 0 Å². The summed E-state index contributed by atoms with van der Waals surface area (Å²) in [6.45, 7) is 0. The molecule has 2 N–H and O–H groups in total. The lowest BCUT2D eigenvalue weighted by Crippen LogP contribution is -2.27. The number of ether oxygens (including phenoxy) is 1. The van der Waals surface area contributed by atoms with Gasteiger partial charge in [0.05, 0.1) is 17.7 Å². The zero-order valence-electron chi connectivity index (χ0n) is 14.8. The Bertz CT molecular complexity index is 1120. The molecule has 0 fully saturated rings. The van der Waals surface area contributed by atoms with Crippen LogP contribution in [0.1, 0.15) is 10.4 Å². The highest BCUT2D eigenvalue weighted by Gasteiger charge is 2.17. The maximum absolute atomic E-state index is 12.7. The van der Waals surface area contributed by atoms with Crippen LogP contribution < -0.4 is 19.5 Å². The SMILES string of the molecule is COc1ccccc1NS(=O)(=O)c1cccc(NC(=O)c2ccc[n+]([O-])c2)c1. The number of carbonyl (C=O) groups excluding carboxylic acids is 1. The minimum atomic E-state index is -3.91. The molecule has 0 spiro atoms. The van der Waals surface area contributed by atoms with E-state index in [-0.39, 0.29) is 16.1 Å². The first-order valence-electron chi connectivity index (χ1n) is 8.15. The number of para-hydroxylation sites is 2. The van der Waals surface area contributed by atoms with E-state index in [1.807, 2.05) is 0 Å². The average molecular weight is 399 g/mol. The van der Waals surface area contributed by atoms with E-state index in [2.05, 4.69) is 10.0 Å². The number of benzene rings is 2. The fourth-order valence-electron chi connectivity index (χ4n) is 2.47. The van der Waals surface area contributed by atoms with E-state index < -0.39 is 15.9 Å². The predicted octanol–water partition coefficient (Wildman–Crippen LogP) is 2.38. The predicted molar refractivity (Wildman–Crippen MR) is 104 cm³/mol. The number of sulfonamides is 1. The van der Waals surface area contributed by atoms with Gasteiger partial charge in [-0.3, -0.25) is 9.52 Å². The monoisotopic (exact) mass is 399 g/mol. The largest absolute Gasteiger partial charge is 0.619 e. The molecule has 1 heterocycles. The Balaban J connectivity index is 1.83. The van der Waals surface area contributed by atoms with Gasteiger partial charge in [0.25, 0.3) is 15.9 Å². The maximum Gasteiger partial charge on any atom is 0.262 e. The van der Waals surface area contributed by atoms with Crippen LogP contribution >= 0.6 is 0 Å². The zero-order chi connectivity index (χ0) is 20.1. The normalized spacial score (nSPS) is 10.9. The maximum atomic E-state index is 12.7. The highest BCUT2D eigenvalue weighted by atomic mass is 32.2. The molecule has 1 aromatic heterocycles. The first-order chi connectivity index (χ1) is 13.4. The number of amides is 1. The quantitative estimate of drug-likeness (QED) is 0.488. The van der Waals surface area contributed by atoms with Crippen LogP contribution in [0.15, 0.2) is 78.0 Å². The zero-order valence-corrected chi connectivity index (χ0v) is 15.6. The molecule has 0 bridgehead atoms. The van der Waals surface area contributed by atoms with Gasteiger partial charge in [0.1, 0.15) is 11.3 Å². The molecule has 1 amide bonds. The minimum Gasteiger partial charge on any atom is -0.619 e. The first kappa shape index (κ1) is 19.2. The van der Waals surface area contributed by atoms with E-state index in [9.17, 15) is 18.4 Å². The molecule has 0 aliphatic carbocycles. The highest BCUT2D eigenvalue weighted by molar-refractivity contribution is 7.92. The van der Waals surface area contributed by atoms with Crippen molar-refractivity contribution in [3.05, 3.63) is 83.8 Å². The van der Waals surface area contributed by atoms with E-state index in [0.29, 0.717) is 16.2 Å². The third-order valence-electron chi connectivity index (χ3n) is 3.79. The molecule has 144 valence electrons. The van der Waals surface area contributed by atoms with Gasteiger partial charge in [-0.25, -0.2) is 8.42 Å². The molecule has 0 aliphatic heterocycles. The van der Waals surface area contributed by atoms with E-state index in [1.54, 1.807) is 30.3 Å². The molecular weight excluding hydrogens is 382 g/mol. The van der Waals surface area contributed by atoms with Gasteiger partial charge in [-0.1, -0.05) is 18.2 Å². The summed E-state index contributed by atoms with van der Waals surface area (Å²) in [6.07, 6.45) is 2.38. The van der Waals surface area contributed by atoms with Crippen LogP contribution in [0.2, 0.25) is 0 Å². The summed E-state index contributed by atoms with van der Waals surface area (Å²) in [5.41, 5.74) is 0.718. The molecule has 2 aromatic carbocycles. The highest BCUT2D eigenvalue weighted by Crippen LogP contribution is 2.26. The molecule has 8 nitrogen and oxygen atoms in total. The second-order valence-corrected chi connectivity index (χ2v) is 7.42. The number of rotatable bonds is 6. The van der Waals surface area contributed by atoms with E-state index in [1.165, 1.54) is 43.6 Å². The summed E-state index contributed by atoms with van der Waals surface area (Å²) in [5, 5.41) is 13.9. The smallest absolute Gasteiger partial charge is 0.262 e. The van der Waals surface area contributed by atoms with Gasteiger partial charge in [-0.05, 0) is 36.4 Å². The van der Waals surface area contributed by atoms with Crippen LogP contribution in [0.4, 0.5) is 11.4 Å². The van der Waals surface area contributed by atoms with Crippen molar-refractivity contribution in [1.29, 1.82) is 0 Å². The second-order valence-electron chi connectivity index (χ2n) is 5.74. The minimum absolute atomic E-state index is 0.0387. The molecular formula is C19H17N3O5S. The Morgan fingerprint density at radius 3 is 2.61 bits per heavy atom. The van der Waals surface area contributed by atoms with Crippen molar-refractivity contribution in [2.24, 2.45) is 0 Å². The van der Waals surface area contributed by atoms with Gasteiger partial charge in [0.2, 0.25) is 0 Å². The van der Waals surface area contributed by atoms with Gasteiger partial charge < -0.3 is 15.3 Å². The third kappa shape index (κ3) is 4.38. The summed E-state index contributed by atoms with van der Waals surface area (Å²) < 4.78 is 33.5. The number of hydrogen-bond acceptors (Lipinski definition) is 5. The van der Waals surface area contributed by atoms with Gasteiger partial charge >= 0.3 is 0 Å². The number of methoxy groups -OCH3 is 1. The summed E-state index contributed by atoms with van der Waals surface area (Å²) >= 11 is 0. The summed E-state index contributed by atoms with van der Waals surface area (Å²) in [7, 11) is -2.47. The second kappa shape index (κ2) is 7.97. The van der Waals surface area contributed by atoms with Gasteiger partial charge in [-0.2, -0.15) is 4.73 Å². The number of carbonyl (C=O) groups is 1. The van der Waals surface area contributed by atoms with E-state index >= 15 is 0 Å². The molecule has 0 saturated heterocycles. The van der Waals surface area contributed by atoms with Crippen molar-refractivity contribution >= 4 is 27.3 Å². The lowest BCUT2D eigenvalue weighted by molar-refractivity contribution is -0.605. The molecule has 0 radical (unpaired) electrons. The molecule has 0 saturated carbocycles. The molecule has 3 aromatic rings. The average Bonchev–Trinajstić information content (AvgIpc) is 2.68. The molecule has 0 aliphatic rings. The fraction of sp³-hybridized carbons (Fsp3) is 0.0526. The number of anilines is 2. The molecule has 0 atom stereocenters. The van der Waals surface area contributed by atoms with Crippen molar-refractivity contribution in [3.63, 3.8) is 0 Å². The van der Waals surface area contributed by atoms with Crippen molar-refractivity contribution in [3.8, 4) is 5.75 Å². The van der Waals surface area contributed by atoms with Crippen LogP contribution in [-0.2, 0) is 10.0 Å². The molecule has 0 unspecified atom stereocenters. The Labute approximate surface area is 162 Å². The Kier molecular flexibility index (Phi) is 5.46. The number of pyridine rings is 1. The van der Waals surface area contributed by atoms with Crippen LogP contribution in [0.25, 0.3) is 0 Å². The fourth-order valence-corrected chi connectivity index (χ4v) is 3.58. The van der Waals surface area contributed by atoms with Crippen molar-refractivity contribution in [1.82, 2.24) is 0 Å². The topological polar surface area (TPSA) is 111 Å². The van der Waals surface area contributed by atoms with Crippen molar-refractivity contribution in [2.45, 2.75) is 4.90 Å². The molecule has 9 heteroatoms. The van der Waals surface area contributed by atoms with Crippen molar-refractivity contribution < 1.29 is 22.7 Å². The Morgan fingerprint density at radius 2 is 1.86 bits per heavy atom. The lowest BCUT2D eigenvalue weighted by Gasteiger charge is -2.12. The van der Waals surface area contributed by atoms with Gasteiger partial charge in [0, 0.05) is 11.8 Å². The number of nitrogens with one attached hydrogen (secondary N) is 2. The van der Waals surface area contributed by atoms with E-state index in [0.717, 1.165) is 6.20 Å². The lowest BCUT2D eigenvalue weighted by atomic mass is 10.2. The Morgan fingerprint density at radius 1 is 1.07 bits per heavy atom. The molecule has 3 rings (SSSR count). The van der Waals surface area contributed by atoms with Crippen LogP contribution in [0.3, 0.4) is 0 Å².